The Morgan fingerprint density at radius 1 is 1.07 bits per heavy atom. The molecule has 3 heterocycles. The number of aryl methyl sites for hydroxylation is 1. The molecule has 0 bridgehead atoms. The molecule has 0 aliphatic carbocycles. The molecule has 3 N–H and O–H groups in total. The zero-order chi connectivity index (χ0) is 31.5. The number of para-hydroxylation sites is 1. The number of nitrogens with zero attached hydrogens (tertiary/aromatic N) is 4. The van der Waals surface area contributed by atoms with Gasteiger partial charge in [-0.15, -0.1) is 13.2 Å². The molecule has 2 saturated heterocycles. The fourth-order valence-corrected chi connectivity index (χ4v) is 7.12. The molecule has 14 heteroatoms. The van der Waals surface area contributed by atoms with Crippen molar-refractivity contribution in [2.75, 3.05) is 68.1 Å². The average molecular weight is 652 g/mol. The zero-order valence-electron chi connectivity index (χ0n) is 25.0. The van der Waals surface area contributed by atoms with Gasteiger partial charge in [-0.3, -0.25) is 4.90 Å². The molecule has 0 spiro atoms. The number of aromatic nitrogens is 2. The highest BCUT2D eigenvalue weighted by molar-refractivity contribution is 7.70. The van der Waals surface area contributed by atoms with Crippen LogP contribution in [0.5, 0.6) is 5.75 Å². The van der Waals surface area contributed by atoms with Gasteiger partial charge in [-0.05, 0) is 56.4 Å². The lowest BCUT2D eigenvalue weighted by molar-refractivity contribution is -0.274. The van der Waals surface area contributed by atoms with Gasteiger partial charge in [-0.25, -0.2) is 4.98 Å². The minimum Gasteiger partial charge on any atom is -0.403 e. The summed E-state index contributed by atoms with van der Waals surface area (Å²) < 4.78 is 58.2. The Bertz CT molecular complexity index is 1510. The van der Waals surface area contributed by atoms with E-state index >= 15 is 0 Å². The van der Waals surface area contributed by atoms with Crippen molar-refractivity contribution in [2.45, 2.75) is 38.6 Å². The Hall–Kier alpha value is -3.05. The van der Waals surface area contributed by atoms with Gasteiger partial charge in [0.25, 0.3) is 0 Å². The fraction of sp³-hybridized carbons (Fsp3) is 0.467. The molecule has 9 nitrogen and oxygen atoms in total. The Labute approximate surface area is 260 Å². The second-order valence-electron chi connectivity index (χ2n) is 11.4. The van der Waals surface area contributed by atoms with Gasteiger partial charge >= 0.3 is 6.36 Å². The van der Waals surface area contributed by atoms with Crippen molar-refractivity contribution in [1.82, 2.24) is 20.2 Å². The topological polar surface area (TPSA) is 94.6 Å². The van der Waals surface area contributed by atoms with Crippen molar-refractivity contribution < 1.29 is 22.5 Å². The molecular formula is C30H38ClF3N7O2P. The summed E-state index contributed by atoms with van der Waals surface area (Å²) in [7, 11) is -2.63. The number of piperidine rings is 1. The number of halogens is 4. The predicted octanol–water partition coefficient (Wildman–Crippen LogP) is 6.20. The van der Waals surface area contributed by atoms with Crippen LogP contribution < -0.4 is 30.9 Å². The third-order valence-electron chi connectivity index (χ3n) is 7.99. The largest absolute Gasteiger partial charge is 0.573 e. The first-order valence-corrected chi connectivity index (χ1v) is 17.7. The number of hydrogen-bond acceptors (Lipinski definition) is 9. The summed E-state index contributed by atoms with van der Waals surface area (Å²) in [6.45, 7) is 10.8. The van der Waals surface area contributed by atoms with E-state index in [9.17, 15) is 17.7 Å². The van der Waals surface area contributed by atoms with E-state index in [4.69, 9.17) is 11.6 Å². The van der Waals surface area contributed by atoms with Crippen LogP contribution in [-0.2, 0) is 11.0 Å². The van der Waals surface area contributed by atoms with Crippen LogP contribution in [0.1, 0.15) is 25.3 Å². The van der Waals surface area contributed by atoms with Crippen molar-refractivity contribution in [1.29, 1.82) is 0 Å². The van der Waals surface area contributed by atoms with Gasteiger partial charge in [0.1, 0.15) is 12.2 Å². The predicted molar refractivity (Wildman–Crippen MR) is 171 cm³/mol. The number of anilines is 5. The summed E-state index contributed by atoms with van der Waals surface area (Å²) >= 11 is 6.38. The summed E-state index contributed by atoms with van der Waals surface area (Å²) in [6.07, 6.45) is -1.06. The zero-order valence-corrected chi connectivity index (χ0v) is 26.7. The number of benzene rings is 2. The van der Waals surface area contributed by atoms with E-state index in [0.717, 1.165) is 63.4 Å². The quantitative estimate of drug-likeness (QED) is 0.234. The number of ether oxygens (including phenoxy) is 1. The first kappa shape index (κ1) is 32.3. The fourth-order valence-electron chi connectivity index (χ4n) is 5.83. The Morgan fingerprint density at radius 2 is 1.77 bits per heavy atom. The number of rotatable bonds is 9. The van der Waals surface area contributed by atoms with Crippen molar-refractivity contribution in [3.05, 3.63) is 53.2 Å². The molecule has 0 unspecified atom stereocenters. The van der Waals surface area contributed by atoms with Gasteiger partial charge in [0.2, 0.25) is 5.95 Å². The van der Waals surface area contributed by atoms with Gasteiger partial charge in [-0.2, -0.15) is 4.98 Å². The molecule has 0 atom stereocenters. The number of nitrogens with one attached hydrogen (secondary N) is 3. The first-order chi connectivity index (χ1) is 20.9. The molecular weight excluding hydrogens is 614 g/mol. The molecule has 44 heavy (non-hydrogen) atoms. The van der Waals surface area contributed by atoms with Crippen LogP contribution in [-0.4, -0.2) is 79.9 Å². The molecule has 3 aromatic rings. The molecule has 2 aliphatic heterocycles. The van der Waals surface area contributed by atoms with Gasteiger partial charge in [0.05, 0.1) is 17.6 Å². The number of alkyl halides is 3. The second kappa shape index (κ2) is 13.5. The Balaban J connectivity index is 1.41. The average Bonchev–Trinajstić information content (AvgIpc) is 2.99. The third kappa shape index (κ3) is 7.96. The van der Waals surface area contributed by atoms with Crippen molar-refractivity contribution in [2.24, 2.45) is 0 Å². The van der Waals surface area contributed by atoms with Crippen LogP contribution >= 0.6 is 18.7 Å². The number of piperazine rings is 1. The lowest BCUT2D eigenvalue weighted by Crippen LogP contribution is -2.52. The second-order valence-corrected chi connectivity index (χ2v) is 15.0. The summed E-state index contributed by atoms with van der Waals surface area (Å²) in [4.78, 5) is 13.3. The maximum absolute atomic E-state index is 13.6. The van der Waals surface area contributed by atoms with Crippen molar-refractivity contribution >= 4 is 52.9 Å². The molecule has 5 rings (SSSR count). The summed E-state index contributed by atoms with van der Waals surface area (Å²) in [5.41, 5.74) is 2.26. The maximum atomic E-state index is 13.6. The van der Waals surface area contributed by atoms with E-state index in [2.05, 4.69) is 40.5 Å². The van der Waals surface area contributed by atoms with E-state index in [1.54, 1.807) is 43.7 Å². The molecule has 2 aliphatic rings. The van der Waals surface area contributed by atoms with Crippen LogP contribution in [0.25, 0.3) is 0 Å². The summed E-state index contributed by atoms with van der Waals surface area (Å²) in [6, 6.07) is 10.7. The SMILES string of the molecule is CCc1cc(Nc2ncc(Cl)c(Nc3ccccc3P(C)(C)=O)n2)c(OC(F)(F)F)cc1N1CCC(N2CCNCC2)CC1. The standard InChI is InChI=1S/C30H38ClF3N7O2P/c1-4-20-17-24(38-29-36-19-22(31)28(39-29)37-23-7-5-6-8-27(23)44(2,3)42)26(43-30(32,33)34)18-25(20)41-13-9-21(10-14-41)40-15-11-35-12-16-40/h5-8,17-19,21,35H,4,9-16H2,1-3H3,(H2,36,37,38,39). The smallest absolute Gasteiger partial charge is 0.403 e. The molecule has 1 aromatic heterocycles. The number of hydrogen-bond donors (Lipinski definition) is 3. The van der Waals surface area contributed by atoms with Crippen LogP contribution in [0, 0.1) is 0 Å². The van der Waals surface area contributed by atoms with Gasteiger partial charge in [-0.1, -0.05) is 30.7 Å². The minimum absolute atomic E-state index is 0.0178. The van der Waals surface area contributed by atoms with E-state index in [1.165, 1.54) is 12.3 Å². The van der Waals surface area contributed by atoms with Gasteiger partial charge in [0, 0.05) is 62.4 Å². The van der Waals surface area contributed by atoms with Gasteiger partial charge in [0.15, 0.2) is 11.6 Å². The highest BCUT2D eigenvalue weighted by Crippen LogP contribution is 2.41. The van der Waals surface area contributed by atoms with E-state index in [1.807, 2.05) is 6.92 Å². The lowest BCUT2D eigenvalue weighted by atomic mass is 9.99. The summed E-state index contributed by atoms with van der Waals surface area (Å²) in [5, 5.41) is 10.2. The monoisotopic (exact) mass is 651 g/mol. The maximum Gasteiger partial charge on any atom is 0.573 e. The molecule has 0 amide bonds. The first-order valence-electron chi connectivity index (χ1n) is 14.7. The third-order valence-corrected chi connectivity index (χ3v) is 9.82. The van der Waals surface area contributed by atoms with Crippen molar-refractivity contribution in [3.63, 3.8) is 0 Å². The normalized spacial score (nSPS) is 17.0. The molecule has 0 radical (unpaired) electrons. The minimum atomic E-state index is -4.90. The molecule has 0 saturated carbocycles. The molecule has 2 aromatic carbocycles. The highest BCUT2D eigenvalue weighted by Gasteiger charge is 2.34. The Kier molecular flexibility index (Phi) is 9.94. The van der Waals surface area contributed by atoms with Crippen molar-refractivity contribution in [3.8, 4) is 5.75 Å². The van der Waals surface area contributed by atoms with Crippen LogP contribution in [0.4, 0.5) is 42.0 Å². The van der Waals surface area contributed by atoms with Crippen LogP contribution in [0.2, 0.25) is 5.02 Å². The van der Waals surface area contributed by atoms with Crippen LogP contribution in [0.3, 0.4) is 0 Å². The Morgan fingerprint density at radius 3 is 2.43 bits per heavy atom. The van der Waals surface area contributed by atoms with Gasteiger partial charge < -0.3 is 30.2 Å². The molecule has 238 valence electrons. The lowest BCUT2D eigenvalue weighted by Gasteiger charge is -2.41. The van der Waals surface area contributed by atoms with E-state index in [-0.39, 0.29) is 28.2 Å². The van der Waals surface area contributed by atoms with E-state index < -0.39 is 13.5 Å². The highest BCUT2D eigenvalue weighted by atomic mass is 35.5. The van der Waals surface area contributed by atoms with Crippen LogP contribution in [0.15, 0.2) is 42.6 Å². The van der Waals surface area contributed by atoms with E-state index in [0.29, 0.717) is 23.5 Å². The summed E-state index contributed by atoms with van der Waals surface area (Å²) in [5.74, 6) is -0.141. The molecule has 2 fully saturated rings.